The van der Waals surface area contributed by atoms with Crippen LogP contribution in [0.25, 0.3) is 5.82 Å². The summed E-state index contributed by atoms with van der Waals surface area (Å²) < 4.78 is 7.14. The van der Waals surface area contributed by atoms with Crippen LogP contribution in [-0.2, 0) is 6.54 Å². The Balaban J connectivity index is 1.84. The number of aromatic nitrogens is 3. The maximum atomic E-state index is 5.41. The van der Waals surface area contributed by atoms with Crippen molar-refractivity contribution < 1.29 is 4.42 Å². The number of pyridine rings is 1. The summed E-state index contributed by atoms with van der Waals surface area (Å²) in [7, 11) is 0. The van der Waals surface area contributed by atoms with Crippen molar-refractivity contribution in [1.82, 2.24) is 14.8 Å². The second-order valence-corrected chi connectivity index (χ2v) is 4.21. The molecule has 96 valence electrons. The van der Waals surface area contributed by atoms with E-state index < -0.39 is 0 Å². The lowest BCUT2D eigenvalue weighted by Gasteiger charge is -2.10. The second kappa shape index (κ2) is 4.97. The van der Waals surface area contributed by atoms with Crippen LogP contribution >= 0.6 is 0 Å². The Labute approximate surface area is 110 Å². The van der Waals surface area contributed by atoms with E-state index in [1.165, 1.54) is 0 Å². The average molecular weight is 254 g/mol. The molecule has 3 heterocycles. The van der Waals surface area contributed by atoms with E-state index >= 15 is 0 Å². The van der Waals surface area contributed by atoms with Gasteiger partial charge in [0.15, 0.2) is 5.82 Å². The molecule has 0 aliphatic carbocycles. The predicted molar refractivity (Wildman–Crippen MR) is 72.1 cm³/mol. The molecular formula is C14H14N4O. The van der Waals surface area contributed by atoms with E-state index in [1.54, 1.807) is 23.3 Å². The average Bonchev–Trinajstić information content (AvgIpc) is 3.08. The van der Waals surface area contributed by atoms with Gasteiger partial charge in [-0.1, -0.05) is 0 Å². The third-order valence-electron chi connectivity index (χ3n) is 2.92. The monoisotopic (exact) mass is 254 g/mol. The van der Waals surface area contributed by atoms with Gasteiger partial charge in [0.25, 0.3) is 0 Å². The van der Waals surface area contributed by atoms with Crippen LogP contribution in [0, 0.1) is 6.92 Å². The fourth-order valence-electron chi connectivity index (χ4n) is 1.87. The summed E-state index contributed by atoms with van der Waals surface area (Å²) in [5, 5.41) is 7.53. The summed E-state index contributed by atoms with van der Waals surface area (Å²) in [5.74, 6) is 1.70. The highest BCUT2D eigenvalue weighted by Crippen LogP contribution is 2.18. The molecule has 3 rings (SSSR count). The topological polar surface area (TPSA) is 55.9 Å². The fraction of sp³-hybridized carbons (Fsp3) is 0.143. The van der Waals surface area contributed by atoms with Gasteiger partial charge in [-0.2, -0.15) is 5.10 Å². The van der Waals surface area contributed by atoms with Gasteiger partial charge in [0.2, 0.25) is 0 Å². The van der Waals surface area contributed by atoms with Crippen LogP contribution in [0.3, 0.4) is 0 Å². The molecule has 0 aliphatic rings. The molecule has 0 fully saturated rings. The molecule has 0 saturated carbocycles. The molecule has 3 aromatic rings. The molecule has 0 spiro atoms. The Hall–Kier alpha value is -2.56. The van der Waals surface area contributed by atoms with Crippen LogP contribution in [-0.4, -0.2) is 14.8 Å². The van der Waals surface area contributed by atoms with Crippen molar-refractivity contribution in [3.05, 3.63) is 60.4 Å². The molecule has 0 atom stereocenters. The van der Waals surface area contributed by atoms with E-state index in [0.717, 1.165) is 22.8 Å². The first-order chi connectivity index (χ1) is 9.34. The number of hydrogen-bond acceptors (Lipinski definition) is 4. The Morgan fingerprint density at radius 2 is 2.21 bits per heavy atom. The zero-order valence-corrected chi connectivity index (χ0v) is 10.6. The Morgan fingerprint density at radius 3 is 2.95 bits per heavy atom. The third kappa shape index (κ3) is 2.35. The number of nitrogens with one attached hydrogen (secondary N) is 1. The maximum Gasteiger partial charge on any atom is 0.176 e. The molecule has 5 heteroatoms. The van der Waals surface area contributed by atoms with Gasteiger partial charge in [0.1, 0.15) is 5.76 Å². The van der Waals surface area contributed by atoms with Crippen molar-refractivity contribution in [3.63, 3.8) is 0 Å². The molecule has 0 saturated heterocycles. The minimum absolute atomic E-state index is 0.624. The van der Waals surface area contributed by atoms with Gasteiger partial charge >= 0.3 is 0 Å². The van der Waals surface area contributed by atoms with Crippen LogP contribution in [0.2, 0.25) is 0 Å². The highest BCUT2D eigenvalue weighted by molar-refractivity contribution is 5.56. The first-order valence-corrected chi connectivity index (χ1v) is 6.06. The van der Waals surface area contributed by atoms with E-state index in [9.17, 15) is 0 Å². The SMILES string of the molecule is Cc1ccoc1CNc1cccnc1-n1cccn1. The lowest BCUT2D eigenvalue weighted by molar-refractivity contribution is 0.515. The first-order valence-electron chi connectivity index (χ1n) is 6.06. The van der Waals surface area contributed by atoms with E-state index in [-0.39, 0.29) is 0 Å². The van der Waals surface area contributed by atoms with E-state index in [2.05, 4.69) is 15.4 Å². The van der Waals surface area contributed by atoms with Gasteiger partial charge in [-0.15, -0.1) is 0 Å². The Morgan fingerprint density at radius 1 is 1.26 bits per heavy atom. The number of furan rings is 1. The molecular weight excluding hydrogens is 240 g/mol. The predicted octanol–water partition coefficient (Wildman–Crippen LogP) is 2.78. The molecule has 5 nitrogen and oxygen atoms in total. The first kappa shape index (κ1) is 11.5. The summed E-state index contributed by atoms with van der Waals surface area (Å²) in [5.41, 5.74) is 2.05. The van der Waals surface area contributed by atoms with E-state index in [0.29, 0.717) is 6.54 Å². The highest BCUT2D eigenvalue weighted by atomic mass is 16.3. The zero-order chi connectivity index (χ0) is 13.1. The Kier molecular flexibility index (Phi) is 3.02. The van der Waals surface area contributed by atoms with Crippen molar-refractivity contribution in [2.75, 3.05) is 5.32 Å². The quantitative estimate of drug-likeness (QED) is 0.777. The van der Waals surface area contributed by atoms with Crippen LogP contribution in [0.15, 0.2) is 53.5 Å². The number of anilines is 1. The van der Waals surface area contributed by atoms with Gasteiger partial charge in [0, 0.05) is 18.6 Å². The van der Waals surface area contributed by atoms with Crippen LogP contribution in [0.5, 0.6) is 0 Å². The summed E-state index contributed by atoms with van der Waals surface area (Å²) in [6.45, 7) is 2.65. The van der Waals surface area contributed by atoms with Crippen molar-refractivity contribution in [2.24, 2.45) is 0 Å². The summed E-state index contributed by atoms with van der Waals surface area (Å²) in [6, 6.07) is 7.69. The van der Waals surface area contributed by atoms with Gasteiger partial charge in [0.05, 0.1) is 18.5 Å². The van der Waals surface area contributed by atoms with Gasteiger partial charge in [-0.3, -0.25) is 0 Å². The lowest BCUT2D eigenvalue weighted by atomic mass is 10.3. The van der Waals surface area contributed by atoms with Crippen molar-refractivity contribution >= 4 is 5.69 Å². The largest absolute Gasteiger partial charge is 0.467 e. The lowest BCUT2D eigenvalue weighted by Crippen LogP contribution is -2.06. The van der Waals surface area contributed by atoms with Crippen LogP contribution in [0.4, 0.5) is 5.69 Å². The molecule has 0 aliphatic heterocycles. The molecule has 19 heavy (non-hydrogen) atoms. The standard InChI is InChI=1S/C14H14N4O/c1-11-5-9-19-13(11)10-16-12-4-2-6-15-14(12)18-8-3-7-17-18/h2-9,16H,10H2,1H3. The van der Waals surface area contributed by atoms with Gasteiger partial charge in [-0.05, 0) is 36.8 Å². The van der Waals surface area contributed by atoms with Gasteiger partial charge < -0.3 is 9.73 Å². The zero-order valence-electron chi connectivity index (χ0n) is 10.6. The van der Waals surface area contributed by atoms with Crippen LogP contribution in [0.1, 0.15) is 11.3 Å². The molecule has 0 unspecified atom stereocenters. The minimum Gasteiger partial charge on any atom is -0.467 e. The number of hydrogen-bond donors (Lipinski definition) is 1. The van der Waals surface area contributed by atoms with Crippen LogP contribution < -0.4 is 5.32 Å². The molecule has 0 bridgehead atoms. The molecule has 1 N–H and O–H groups in total. The van der Waals surface area contributed by atoms with Crippen molar-refractivity contribution in [3.8, 4) is 5.82 Å². The number of aryl methyl sites for hydroxylation is 1. The molecule has 0 aromatic carbocycles. The Bertz CT molecular complexity index is 658. The third-order valence-corrected chi connectivity index (χ3v) is 2.92. The van der Waals surface area contributed by atoms with Crippen molar-refractivity contribution in [2.45, 2.75) is 13.5 Å². The molecule has 0 radical (unpaired) electrons. The maximum absolute atomic E-state index is 5.41. The number of rotatable bonds is 4. The fourth-order valence-corrected chi connectivity index (χ4v) is 1.87. The summed E-state index contributed by atoms with van der Waals surface area (Å²) in [6.07, 6.45) is 7.05. The molecule has 0 amide bonds. The van der Waals surface area contributed by atoms with E-state index in [4.69, 9.17) is 4.42 Å². The van der Waals surface area contributed by atoms with Gasteiger partial charge in [-0.25, -0.2) is 9.67 Å². The molecule has 3 aromatic heterocycles. The van der Waals surface area contributed by atoms with Crippen molar-refractivity contribution in [1.29, 1.82) is 0 Å². The smallest absolute Gasteiger partial charge is 0.176 e. The minimum atomic E-state index is 0.624. The second-order valence-electron chi connectivity index (χ2n) is 4.21. The highest BCUT2D eigenvalue weighted by Gasteiger charge is 2.07. The normalized spacial score (nSPS) is 10.6. The van der Waals surface area contributed by atoms with E-state index in [1.807, 2.05) is 37.4 Å². The summed E-state index contributed by atoms with van der Waals surface area (Å²) in [4.78, 5) is 4.35. The summed E-state index contributed by atoms with van der Waals surface area (Å²) >= 11 is 0. The number of nitrogens with zero attached hydrogens (tertiary/aromatic N) is 3.